The standard InChI is InChI=1S/C16H18N2OS/c20-16-13-9-5-2-6-10-14(13)17-15(18-16)11-19-12-7-3-1-4-8-12/h1,3-4,7-8H,2,5-6,9-11H2,(H,17,18,20). The summed E-state index contributed by atoms with van der Waals surface area (Å²) in [5, 5.41) is 0. The van der Waals surface area contributed by atoms with Gasteiger partial charge < -0.3 is 9.72 Å². The number of aryl methyl sites for hydroxylation is 1. The first-order valence-corrected chi connectivity index (χ1v) is 7.52. The summed E-state index contributed by atoms with van der Waals surface area (Å²) in [6.07, 6.45) is 5.83. The molecule has 0 unspecified atom stereocenters. The molecule has 104 valence electrons. The third-order valence-electron chi connectivity index (χ3n) is 3.63. The molecule has 0 bridgehead atoms. The molecule has 4 heteroatoms. The molecule has 0 saturated carbocycles. The van der Waals surface area contributed by atoms with Crippen LogP contribution in [0.3, 0.4) is 0 Å². The van der Waals surface area contributed by atoms with Crippen molar-refractivity contribution in [1.29, 1.82) is 0 Å². The van der Waals surface area contributed by atoms with Crippen LogP contribution in [0.25, 0.3) is 0 Å². The SMILES string of the molecule is S=c1nc(COc2ccccc2)[nH]c2c1CCCCC2. The largest absolute Gasteiger partial charge is 0.486 e. The van der Waals surface area contributed by atoms with Crippen LogP contribution in [0.5, 0.6) is 5.75 Å². The zero-order valence-corrected chi connectivity index (χ0v) is 12.2. The Kier molecular flexibility index (Phi) is 4.11. The minimum Gasteiger partial charge on any atom is -0.486 e. The van der Waals surface area contributed by atoms with Gasteiger partial charge >= 0.3 is 0 Å². The molecule has 2 aromatic rings. The fourth-order valence-electron chi connectivity index (χ4n) is 2.59. The predicted molar refractivity (Wildman–Crippen MR) is 81.5 cm³/mol. The first-order valence-electron chi connectivity index (χ1n) is 7.12. The van der Waals surface area contributed by atoms with Gasteiger partial charge in [-0.25, -0.2) is 4.98 Å². The van der Waals surface area contributed by atoms with E-state index >= 15 is 0 Å². The number of nitrogens with zero attached hydrogens (tertiary/aromatic N) is 1. The Hall–Kier alpha value is -1.68. The predicted octanol–water partition coefficient (Wildman–Crippen LogP) is 3.99. The second-order valence-electron chi connectivity index (χ2n) is 5.11. The number of para-hydroxylation sites is 1. The maximum atomic E-state index is 5.73. The van der Waals surface area contributed by atoms with Crippen molar-refractivity contribution in [2.75, 3.05) is 0 Å². The summed E-state index contributed by atoms with van der Waals surface area (Å²) in [4.78, 5) is 7.89. The molecule has 0 fully saturated rings. The van der Waals surface area contributed by atoms with E-state index in [1.807, 2.05) is 30.3 Å². The number of benzene rings is 1. The fourth-order valence-corrected chi connectivity index (χ4v) is 2.92. The molecule has 0 spiro atoms. The first kappa shape index (κ1) is 13.3. The zero-order chi connectivity index (χ0) is 13.8. The number of H-pyrrole nitrogens is 1. The summed E-state index contributed by atoms with van der Waals surface area (Å²) < 4.78 is 6.47. The smallest absolute Gasteiger partial charge is 0.146 e. The van der Waals surface area contributed by atoms with Gasteiger partial charge in [0.15, 0.2) is 0 Å². The Morgan fingerprint density at radius 2 is 1.90 bits per heavy atom. The molecule has 0 radical (unpaired) electrons. The van der Waals surface area contributed by atoms with E-state index in [1.165, 1.54) is 30.5 Å². The van der Waals surface area contributed by atoms with Gasteiger partial charge in [0.25, 0.3) is 0 Å². The second-order valence-corrected chi connectivity index (χ2v) is 5.49. The van der Waals surface area contributed by atoms with E-state index in [0.29, 0.717) is 6.61 Å². The second kappa shape index (κ2) is 6.18. The highest BCUT2D eigenvalue weighted by molar-refractivity contribution is 7.71. The summed E-state index contributed by atoms with van der Waals surface area (Å²) in [5.41, 5.74) is 2.50. The lowest BCUT2D eigenvalue weighted by atomic mass is 10.1. The lowest BCUT2D eigenvalue weighted by molar-refractivity contribution is 0.295. The number of nitrogens with one attached hydrogen (secondary N) is 1. The Bertz CT molecular complexity index is 637. The number of aromatic nitrogens is 2. The molecule has 0 aliphatic heterocycles. The van der Waals surface area contributed by atoms with Crippen molar-refractivity contribution in [1.82, 2.24) is 9.97 Å². The van der Waals surface area contributed by atoms with Crippen molar-refractivity contribution in [2.24, 2.45) is 0 Å². The van der Waals surface area contributed by atoms with Crippen molar-refractivity contribution in [3.8, 4) is 5.75 Å². The molecule has 1 heterocycles. The molecule has 1 aliphatic rings. The lowest BCUT2D eigenvalue weighted by Gasteiger charge is -2.10. The van der Waals surface area contributed by atoms with Crippen molar-refractivity contribution in [2.45, 2.75) is 38.7 Å². The first-order chi connectivity index (χ1) is 9.83. The van der Waals surface area contributed by atoms with E-state index in [-0.39, 0.29) is 0 Å². The van der Waals surface area contributed by atoms with E-state index in [0.717, 1.165) is 29.1 Å². The van der Waals surface area contributed by atoms with Crippen molar-refractivity contribution < 1.29 is 4.74 Å². The molecule has 1 aromatic carbocycles. The monoisotopic (exact) mass is 286 g/mol. The number of ether oxygens (including phenoxy) is 1. The van der Waals surface area contributed by atoms with Gasteiger partial charge in [-0.05, 0) is 37.8 Å². The zero-order valence-electron chi connectivity index (χ0n) is 11.4. The Morgan fingerprint density at radius 3 is 2.75 bits per heavy atom. The minimum absolute atomic E-state index is 0.431. The molecular weight excluding hydrogens is 268 g/mol. The van der Waals surface area contributed by atoms with Crippen LogP contribution < -0.4 is 4.74 Å². The highest BCUT2D eigenvalue weighted by atomic mass is 32.1. The van der Waals surface area contributed by atoms with Gasteiger partial charge in [-0.1, -0.05) is 36.8 Å². The summed E-state index contributed by atoms with van der Waals surface area (Å²) in [6.45, 7) is 0.431. The van der Waals surface area contributed by atoms with Gasteiger partial charge in [-0.2, -0.15) is 0 Å². The van der Waals surface area contributed by atoms with Crippen molar-refractivity contribution >= 4 is 12.2 Å². The van der Waals surface area contributed by atoms with Crippen LogP contribution in [0.15, 0.2) is 30.3 Å². The summed E-state index contributed by atoms with van der Waals surface area (Å²) in [5.74, 6) is 1.67. The molecule has 1 aliphatic carbocycles. The van der Waals surface area contributed by atoms with E-state index < -0.39 is 0 Å². The third-order valence-corrected chi connectivity index (χ3v) is 3.96. The van der Waals surface area contributed by atoms with Gasteiger partial charge in [-0.3, -0.25) is 0 Å². The number of hydrogen-bond acceptors (Lipinski definition) is 3. The van der Waals surface area contributed by atoms with Crippen molar-refractivity contribution in [3.05, 3.63) is 52.1 Å². The summed E-state index contributed by atoms with van der Waals surface area (Å²) in [6, 6.07) is 9.78. The molecule has 20 heavy (non-hydrogen) atoms. The fraction of sp³-hybridized carbons (Fsp3) is 0.375. The molecule has 3 rings (SSSR count). The summed E-state index contributed by atoms with van der Waals surface area (Å²) in [7, 11) is 0. The quantitative estimate of drug-likeness (QED) is 0.685. The minimum atomic E-state index is 0.431. The topological polar surface area (TPSA) is 37.9 Å². The molecule has 0 saturated heterocycles. The van der Waals surface area contributed by atoms with E-state index in [2.05, 4.69) is 9.97 Å². The molecule has 1 N–H and O–H groups in total. The van der Waals surface area contributed by atoms with E-state index in [9.17, 15) is 0 Å². The summed E-state index contributed by atoms with van der Waals surface area (Å²) >= 11 is 5.43. The van der Waals surface area contributed by atoms with Gasteiger partial charge in [-0.15, -0.1) is 0 Å². The van der Waals surface area contributed by atoms with Crippen LogP contribution >= 0.6 is 12.2 Å². The molecule has 1 aromatic heterocycles. The van der Waals surface area contributed by atoms with Gasteiger partial charge in [0.05, 0.1) is 0 Å². The highest BCUT2D eigenvalue weighted by Crippen LogP contribution is 2.20. The number of hydrogen-bond donors (Lipinski definition) is 1. The van der Waals surface area contributed by atoms with Crippen LogP contribution in [-0.4, -0.2) is 9.97 Å². The maximum Gasteiger partial charge on any atom is 0.146 e. The van der Waals surface area contributed by atoms with Gasteiger partial charge in [0.1, 0.15) is 22.8 Å². The average molecular weight is 286 g/mol. The van der Waals surface area contributed by atoms with Crippen LogP contribution in [0.4, 0.5) is 0 Å². The van der Waals surface area contributed by atoms with E-state index in [4.69, 9.17) is 17.0 Å². The lowest BCUT2D eigenvalue weighted by Crippen LogP contribution is -2.07. The number of fused-ring (bicyclic) bond motifs is 1. The number of rotatable bonds is 3. The normalized spacial score (nSPS) is 14.4. The third kappa shape index (κ3) is 3.07. The van der Waals surface area contributed by atoms with Crippen LogP contribution in [0.2, 0.25) is 0 Å². The van der Waals surface area contributed by atoms with Crippen LogP contribution in [-0.2, 0) is 19.4 Å². The Labute approximate surface area is 124 Å². The highest BCUT2D eigenvalue weighted by Gasteiger charge is 2.12. The van der Waals surface area contributed by atoms with Gasteiger partial charge in [0, 0.05) is 11.3 Å². The van der Waals surface area contributed by atoms with E-state index in [1.54, 1.807) is 0 Å². The molecule has 0 amide bonds. The Balaban J connectivity index is 1.79. The van der Waals surface area contributed by atoms with Crippen LogP contribution in [0, 0.1) is 4.64 Å². The molecule has 0 atom stereocenters. The number of aromatic amines is 1. The van der Waals surface area contributed by atoms with Crippen LogP contribution in [0.1, 0.15) is 36.3 Å². The Morgan fingerprint density at radius 1 is 1.10 bits per heavy atom. The average Bonchev–Trinajstić information content (AvgIpc) is 2.72. The van der Waals surface area contributed by atoms with Crippen molar-refractivity contribution in [3.63, 3.8) is 0 Å². The molecular formula is C16H18N2OS. The molecule has 3 nitrogen and oxygen atoms in total. The van der Waals surface area contributed by atoms with Gasteiger partial charge in [0.2, 0.25) is 0 Å². The maximum absolute atomic E-state index is 5.73.